The average Bonchev–Trinajstić information content (AvgIpc) is 2.17. The predicted octanol–water partition coefficient (Wildman–Crippen LogP) is 3.09. The maximum atomic E-state index is 5.30. The van der Waals surface area contributed by atoms with Crippen LogP contribution in [0.5, 0.6) is 5.88 Å². The second kappa shape index (κ2) is 3.99. The minimum atomic E-state index is 0.131. The van der Waals surface area contributed by atoms with E-state index in [1.165, 1.54) is 5.56 Å². The van der Waals surface area contributed by atoms with Crippen LogP contribution in [0.3, 0.4) is 0 Å². The van der Waals surface area contributed by atoms with Gasteiger partial charge in [0.05, 0.1) is 7.11 Å². The van der Waals surface area contributed by atoms with Crippen molar-refractivity contribution in [1.82, 2.24) is 4.98 Å². The fourth-order valence-electron chi connectivity index (χ4n) is 1.39. The van der Waals surface area contributed by atoms with Gasteiger partial charge in [0.1, 0.15) is 0 Å². The standard InChI is InChI=1S/C12H19NO/c1-6-12(3,4)10-8-7-9(2)13-11(10)14-5/h7-8H,6H2,1-5H3. The van der Waals surface area contributed by atoms with E-state index >= 15 is 0 Å². The Kier molecular flexibility index (Phi) is 3.14. The molecule has 0 N–H and O–H groups in total. The third-order valence-electron chi connectivity index (χ3n) is 2.81. The number of hydrogen-bond donors (Lipinski definition) is 0. The van der Waals surface area contributed by atoms with Crippen LogP contribution in [-0.2, 0) is 5.41 Å². The molecule has 0 saturated carbocycles. The van der Waals surface area contributed by atoms with Crippen molar-refractivity contribution >= 4 is 0 Å². The zero-order valence-corrected chi connectivity index (χ0v) is 9.72. The quantitative estimate of drug-likeness (QED) is 0.736. The molecule has 78 valence electrons. The summed E-state index contributed by atoms with van der Waals surface area (Å²) in [6.45, 7) is 8.58. The van der Waals surface area contributed by atoms with Gasteiger partial charge in [-0.2, -0.15) is 0 Å². The lowest BCUT2D eigenvalue weighted by atomic mass is 9.83. The number of aromatic nitrogens is 1. The monoisotopic (exact) mass is 193 g/mol. The van der Waals surface area contributed by atoms with Crippen molar-refractivity contribution in [2.75, 3.05) is 7.11 Å². The summed E-state index contributed by atoms with van der Waals surface area (Å²) in [7, 11) is 1.68. The summed E-state index contributed by atoms with van der Waals surface area (Å²) >= 11 is 0. The first-order valence-corrected chi connectivity index (χ1v) is 5.03. The van der Waals surface area contributed by atoms with Gasteiger partial charge in [-0.3, -0.25) is 0 Å². The Morgan fingerprint density at radius 1 is 1.36 bits per heavy atom. The summed E-state index contributed by atoms with van der Waals surface area (Å²) in [5, 5.41) is 0. The van der Waals surface area contributed by atoms with Crippen molar-refractivity contribution in [2.45, 2.75) is 39.5 Å². The average molecular weight is 193 g/mol. The van der Waals surface area contributed by atoms with E-state index in [4.69, 9.17) is 4.74 Å². The molecule has 2 nitrogen and oxygen atoms in total. The molecule has 1 rings (SSSR count). The van der Waals surface area contributed by atoms with E-state index in [0.29, 0.717) is 0 Å². The summed E-state index contributed by atoms with van der Waals surface area (Å²) in [6, 6.07) is 4.15. The molecule has 0 bridgehead atoms. The molecule has 0 amide bonds. The van der Waals surface area contributed by atoms with Gasteiger partial charge in [-0.15, -0.1) is 0 Å². The van der Waals surface area contributed by atoms with Crippen molar-refractivity contribution < 1.29 is 4.74 Å². The number of hydrogen-bond acceptors (Lipinski definition) is 2. The van der Waals surface area contributed by atoms with Crippen molar-refractivity contribution in [3.05, 3.63) is 23.4 Å². The second-order valence-electron chi connectivity index (χ2n) is 4.25. The molecule has 0 radical (unpaired) electrons. The first-order valence-electron chi connectivity index (χ1n) is 5.03. The second-order valence-corrected chi connectivity index (χ2v) is 4.25. The van der Waals surface area contributed by atoms with Crippen LogP contribution in [0.1, 0.15) is 38.4 Å². The Hall–Kier alpha value is -1.05. The van der Waals surface area contributed by atoms with E-state index in [9.17, 15) is 0 Å². The minimum absolute atomic E-state index is 0.131. The van der Waals surface area contributed by atoms with Crippen LogP contribution in [0.2, 0.25) is 0 Å². The third-order valence-corrected chi connectivity index (χ3v) is 2.81. The molecular formula is C12H19NO. The predicted molar refractivity (Wildman–Crippen MR) is 58.8 cm³/mol. The highest BCUT2D eigenvalue weighted by atomic mass is 16.5. The molecule has 0 unspecified atom stereocenters. The maximum absolute atomic E-state index is 5.30. The first-order chi connectivity index (χ1) is 6.51. The Morgan fingerprint density at radius 3 is 2.50 bits per heavy atom. The van der Waals surface area contributed by atoms with Gasteiger partial charge in [0.2, 0.25) is 5.88 Å². The molecule has 0 fully saturated rings. The van der Waals surface area contributed by atoms with Gasteiger partial charge in [-0.25, -0.2) is 4.98 Å². The number of methoxy groups -OCH3 is 1. The molecule has 1 aromatic heterocycles. The molecule has 0 aliphatic rings. The van der Waals surface area contributed by atoms with E-state index in [1.54, 1.807) is 7.11 Å². The molecular weight excluding hydrogens is 174 g/mol. The van der Waals surface area contributed by atoms with Gasteiger partial charge >= 0.3 is 0 Å². The van der Waals surface area contributed by atoms with Crippen molar-refractivity contribution in [3.8, 4) is 5.88 Å². The molecule has 14 heavy (non-hydrogen) atoms. The summed E-state index contributed by atoms with van der Waals surface area (Å²) in [6.07, 6.45) is 1.08. The third kappa shape index (κ3) is 2.06. The van der Waals surface area contributed by atoms with Crippen LogP contribution in [0, 0.1) is 6.92 Å². The van der Waals surface area contributed by atoms with Gasteiger partial charge in [0, 0.05) is 11.3 Å². The summed E-state index contributed by atoms with van der Waals surface area (Å²) < 4.78 is 5.30. The number of nitrogens with zero attached hydrogens (tertiary/aromatic N) is 1. The highest BCUT2D eigenvalue weighted by molar-refractivity contribution is 5.34. The number of ether oxygens (including phenoxy) is 1. The van der Waals surface area contributed by atoms with Gasteiger partial charge in [-0.05, 0) is 24.8 Å². The summed E-state index contributed by atoms with van der Waals surface area (Å²) in [4.78, 5) is 4.38. The van der Waals surface area contributed by atoms with Crippen LogP contribution >= 0.6 is 0 Å². The van der Waals surface area contributed by atoms with Crippen LogP contribution in [0.4, 0.5) is 0 Å². The molecule has 0 saturated heterocycles. The normalized spacial score (nSPS) is 11.5. The van der Waals surface area contributed by atoms with Crippen LogP contribution < -0.4 is 4.74 Å². The largest absolute Gasteiger partial charge is 0.481 e. The Labute approximate surface area is 86.3 Å². The Bertz CT molecular complexity index is 318. The van der Waals surface area contributed by atoms with Crippen molar-refractivity contribution in [2.24, 2.45) is 0 Å². The van der Waals surface area contributed by atoms with Gasteiger partial charge in [0.15, 0.2) is 0 Å². The zero-order valence-electron chi connectivity index (χ0n) is 9.72. The molecule has 0 aliphatic carbocycles. The molecule has 0 atom stereocenters. The van der Waals surface area contributed by atoms with Gasteiger partial charge in [0.25, 0.3) is 0 Å². The van der Waals surface area contributed by atoms with Gasteiger partial charge < -0.3 is 4.74 Å². The Morgan fingerprint density at radius 2 is 2.00 bits per heavy atom. The molecule has 0 aliphatic heterocycles. The van der Waals surface area contributed by atoms with E-state index in [2.05, 4.69) is 31.8 Å². The molecule has 1 heterocycles. The van der Waals surface area contributed by atoms with Gasteiger partial charge in [-0.1, -0.05) is 26.8 Å². The zero-order chi connectivity index (χ0) is 10.8. The fraction of sp³-hybridized carbons (Fsp3) is 0.583. The SMILES string of the molecule is CCC(C)(C)c1ccc(C)nc1OC. The molecule has 0 spiro atoms. The van der Waals surface area contributed by atoms with E-state index < -0.39 is 0 Å². The molecule has 2 heteroatoms. The van der Waals surface area contributed by atoms with E-state index in [0.717, 1.165) is 18.0 Å². The fourth-order valence-corrected chi connectivity index (χ4v) is 1.39. The molecule has 0 aromatic carbocycles. The number of aryl methyl sites for hydroxylation is 1. The number of rotatable bonds is 3. The number of pyridine rings is 1. The lowest BCUT2D eigenvalue weighted by molar-refractivity contribution is 0.372. The van der Waals surface area contributed by atoms with Crippen molar-refractivity contribution in [3.63, 3.8) is 0 Å². The summed E-state index contributed by atoms with van der Waals surface area (Å²) in [5.41, 5.74) is 2.32. The molecule has 1 aromatic rings. The maximum Gasteiger partial charge on any atom is 0.217 e. The lowest BCUT2D eigenvalue weighted by Crippen LogP contribution is -2.17. The van der Waals surface area contributed by atoms with E-state index in [1.807, 2.05) is 13.0 Å². The minimum Gasteiger partial charge on any atom is -0.481 e. The first kappa shape index (κ1) is 11.0. The Balaban J connectivity index is 3.20. The van der Waals surface area contributed by atoms with E-state index in [-0.39, 0.29) is 5.41 Å². The highest BCUT2D eigenvalue weighted by Crippen LogP contribution is 2.32. The lowest BCUT2D eigenvalue weighted by Gasteiger charge is -2.24. The van der Waals surface area contributed by atoms with Crippen LogP contribution in [0.15, 0.2) is 12.1 Å². The van der Waals surface area contributed by atoms with Crippen molar-refractivity contribution in [1.29, 1.82) is 0 Å². The van der Waals surface area contributed by atoms with Crippen LogP contribution in [-0.4, -0.2) is 12.1 Å². The topological polar surface area (TPSA) is 22.1 Å². The highest BCUT2D eigenvalue weighted by Gasteiger charge is 2.22. The smallest absolute Gasteiger partial charge is 0.217 e. The van der Waals surface area contributed by atoms with Crippen LogP contribution in [0.25, 0.3) is 0 Å². The summed E-state index contributed by atoms with van der Waals surface area (Å²) in [5.74, 6) is 0.761.